The summed E-state index contributed by atoms with van der Waals surface area (Å²) in [6.45, 7) is 1.76. The van der Waals surface area contributed by atoms with Crippen LogP contribution in [0.3, 0.4) is 0 Å². The van der Waals surface area contributed by atoms with E-state index < -0.39 is 6.17 Å². The summed E-state index contributed by atoms with van der Waals surface area (Å²) in [6, 6.07) is 0.104. The van der Waals surface area contributed by atoms with Gasteiger partial charge in [0.1, 0.15) is 6.17 Å². The number of rotatable bonds is 2. The Labute approximate surface area is 120 Å². The van der Waals surface area contributed by atoms with E-state index in [1.165, 1.54) is 24.3 Å². The minimum Gasteiger partial charge on any atom is -0.375 e. The molecular formula is C15H26FNOS. The van der Waals surface area contributed by atoms with Gasteiger partial charge in [0.15, 0.2) is 0 Å². The zero-order valence-electron chi connectivity index (χ0n) is 11.7. The van der Waals surface area contributed by atoms with Crippen LogP contribution in [0.25, 0.3) is 0 Å². The van der Waals surface area contributed by atoms with Gasteiger partial charge in [0.2, 0.25) is 0 Å². The van der Waals surface area contributed by atoms with E-state index in [1.807, 2.05) is 11.8 Å². The molecule has 2 nitrogen and oxygen atoms in total. The van der Waals surface area contributed by atoms with Gasteiger partial charge in [0, 0.05) is 12.6 Å². The number of nitrogens with one attached hydrogen (secondary N) is 1. The predicted molar refractivity (Wildman–Crippen MR) is 78.5 cm³/mol. The third-order valence-electron chi connectivity index (χ3n) is 5.12. The first-order chi connectivity index (χ1) is 9.29. The molecule has 3 aliphatic heterocycles. The molecule has 0 aromatic rings. The lowest BCUT2D eigenvalue weighted by Crippen LogP contribution is -2.50. The molecule has 0 aromatic carbocycles. The Morgan fingerprint density at radius 2 is 2.05 bits per heavy atom. The third kappa shape index (κ3) is 3.27. The van der Waals surface area contributed by atoms with Gasteiger partial charge in [-0.2, -0.15) is 11.8 Å². The Morgan fingerprint density at radius 1 is 1.21 bits per heavy atom. The van der Waals surface area contributed by atoms with Crippen LogP contribution in [0.1, 0.15) is 44.9 Å². The number of hydrogen-bond donors (Lipinski definition) is 1. The molecule has 3 heterocycles. The normalized spacial score (nSPS) is 37.1. The Balaban J connectivity index is 1.60. The third-order valence-corrected chi connectivity index (χ3v) is 6.10. The highest BCUT2D eigenvalue weighted by Gasteiger charge is 2.43. The highest BCUT2D eigenvalue weighted by atomic mass is 32.2. The van der Waals surface area contributed by atoms with E-state index in [-0.39, 0.29) is 17.6 Å². The molecule has 3 saturated heterocycles. The molecule has 19 heavy (non-hydrogen) atoms. The number of piperidine rings is 1. The SMILES string of the molecule is FC(C1CCOC2(CCSCC2)C1)C1CCCCN1. The smallest absolute Gasteiger partial charge is 0.118 e. The molecule has 0 radical (unpaired) electrons. The summed E-state index contributed by atoms with van der Waals surface area (Å²) in [6.07, 6.45) is 6.84. The summed E-state index contributed by atoms with van der Waals surface area (Å²) in [7, 11) is 0. The zero-order valence-corrected chi connectivity index (χ0v) is 12.5. The van der Waals surface area contributed by atoms with Crippen molar-refractivity contribution in [2.45, 2.75) is 62.8 Å². The number of hydrogen-bond acceptors (Lipinski definition) is 3. The molecule has 3 aliphatic rings. The molecule has 0 aliphatic carbocycles. The second kappa shape index (κ2) is 6.31. The van der Waals surface area contributed by atoms with E-state index in [2.05, 4.69) is 5.32 Å². The fourth-order valence-electron chi connectivity index (χ4n) is 3.91. The molecule has 3 fully saturated rings. The second-order valence-electron chi connectivity index (χ2n) is 6.40. The molecule has 0 amide bonds. The van der Waals surface area contributed by atoms with E-state index in [9.17, 15) is 4.39 Å². The first-order valence-electron chi connectivity index (χ1n) is 7.88. The molecule has 0 aromatic heterocycles. The predicted octanol–water partition coefficient (Wildman–Crippen LogP) is 3.16. The van der Waals surface area contributed by atoms with Crippen LogP contribution in [0, 0.1) is 5.92 Å². The molecule has 1 spiro atoms. The van der Waals surface area contributed by atoms with Gasteiger partial charge in [-0.25, -0.2) is 4.39 Å². The van der Waals surface area contributed by atoms with Crippen molar-refractivity contribution in [2.24, 2.45) is 5.92 Å². The van der Waals surface area contributed by atoms with Crippen LogP contribution >= 0.6 is 11.8 Å². The summed E-state index contributed by atoms with van der Waals surface area (Å²) in [5.41, 5.74) is 0.0210. The lowest BCUT2D eigenvalue weighted by Gasteiger charge is -2.45. The van der Waals surface area contributed by atoms with Crippen LogP contribution in [0.2, 0.25) is 0 Å². The van der Waals surface area contributed by atoms with Crippen LogP contribution in [0.15, 0.2) is 0 Å². The molecular weight excluding hydrogens is 261 g/mol. The molecule has 1 N–H and O–H groups in total. The minimum atomic E-state index is -0.671. The summed E-state index contributed by atoms with van der Waals surface area (Å²) in [4.78, 5) is 0. The van der Waals surface area contributed by atoms with Gasteiger partial charge in [-0.1, -0.05) is 6.42 Å². The van der Waals surface area contributed by atoms with Gasteiger partial charge in [0.05, 0.1) is 5.60 Å². The lowest BCUT2D eigenvalue weighted by molar-refractivity contribution is -0.115. The Hall–Kier alpha value is 0.200. The average molecular weight is 287 g/mol. The van der Waals surface area contributed by atoms with Crippen molar-refractivity contribution in [1.82, 2.24) is 5.32 Å². The first-order valence-corrected chi connectivity index (χ1v) is 9.04. The zero-order chi connectivity index (χ0) is 13.1. The maximum absolute atomic E-state index is 14.8. The van der Waals surface area contributed by atoms with Crippen molar-refractivity contribution < 1.29 is 9.13 Å². The van der Waals surface area contributed by atoms with Gasteiger partial charge >= 0.3 is 0 Å². The monoisotopic (exact) mass is 287 g/mol. The first kappa shape index (κ1) is 14.2. The van der Waals surface area contributed by atoms with Crippen LogP contribution in [0.5, 0.6) is 0 Å². The van der Waals surface area contributed by atoms with E-state index in [4.69, 9.17) is 4.74 Å². The standard InChI is InChI=1S/C15H26FNOS/c16-14(13-3-1-2-7-17-13)12-4-8-18-15(11-12)5-9-19-10-6-15/h12-14,17H,1-11H2. The number of alkyl halides is 1. The summed E-state index contributed by atoms with van der Waals surface area (Å²) < 4.78 is 20.9. The van der Waals surface area contributed by atoms with Gasteiger partial charge in [-0.15, -0.1) is 0 Å². The van der Waals surface area contributed by atoms with Crippen molar-refractivity contribution in [3.05, 3.63) is 0 Å². The molecule has 3 rings (SSSR count). The number of ether oxygens (including phenoxy) is 1. The Kier molecular flexibility index (Phi) is 4.70. The molecule has 0 saturated carbocycles. The highest BCUT2D eigenvalue weighted by molar-refractivity contribution is 7.99. The number of halogens is 1. The fraction of sp³-hybridized carbons (Fsp3) is 1.00. The van der Waals surface area contributed by atoms with Gasteiger partial charge in [-0.3, -0.25) is 0 Å². The lowest BCUT2D eigenvalue weighted by atomic mass is 9.77. The van der Waals surface area contributed by atoms with Gasteiger partial charge in [-0.05, 0) is 62.5 Å². The van der Waals surface area contributed by atoms with Crippen LogP contribution < -0.4 is 5.32 Å². The van der Waals surface area contributed by atoms with E-state index in [0.717, 1.165) is 45.3 Å². The van der Waals surface area contributed by atoms with Crippen molar-refractivity contribution in [3.8, 4) is 0 Å². The fourth-order valence-corrected chi connectivity index (χ4v) is 5.15. The van der Waals surface area contributed by atoms with Gasteiger partial charge in [0.25, 0.3) is 0 Å². The van der Waals surface area contributed by atoms with E-state index >= 15 is 0 Å². The quantitative estimate of drug-likeness (QED) is 0.843. The van der Waals surface area contributed by atoms with Crippen molar-refractivity contribution in [3.63, 3.8) is 0 Å². The summed E-state index contributed by atoms with van der Waals surface area (Å²) >= 11 is 2.01. The molecule has 110 valence electrons. The topological polar surface area (TPSA) is 21.3 Å². The molecule has 3 unspecified atom stereocenters. The summed E-state index contributed by atoms with van der Waals surface area (Å²) in [5.74, 6) is 2.59. The van der Waals surface area contributed by atoms with Crippen LogP contribution in [0.4, 0.5) is 4.39 Å². The molecule has 3 atom stereocenters. The summed E-state index contributed by atoms with van der Waals surface area (Å²) in [5, 5.41) is 3.39. The Morgan fingerprint density at radius 3 is 2.79 bits per heavy atom. The maximum atomic E-state index is 14.8. The van der Waals surface area contributed by atoms with Crippen molar-refractivity contribution in [1.29, 1.82) is 0 Å². The maximum Gasteiger partial charge on any atom is 0.118 e. The van der Waals surface area contributed by atoms with Crippen molar-refractivity contribution in [2.75, 3.05) is 24.7 Å². The molecule has 0 bridgehead atoms. The van der Waals surface area contributed by atoms with E-state index in [1.54, 1.807) is 0 Å². The largest absolute Gasteiger partial charge is 0.375 e. The van der Waals surface area contributed by atoms with Crippen LogP contribution in [-0.2, 0) is 4.74 Å². The average Bonchev–Trinajstić information content (AvgIpc) is 2.48. The van der Waals surface area contributed by atoms with E-state index in [0.29, 0.717) is 0 Å². The Bertz CT molecular complexity index is 284. The number of thioether (sulfide) groups is 1. The molecule has 4 heteroatoms. The van der Waals surface area contributed by atoms with Crippen LogP contribution in [-0.4, -0.2) is 42.5 Å². The second-order valence-corrected chi connectivity index (χ2v) is 7.62. The minimum absolute atomic E-state index is 0.0210. The van der Waals surface area contributed by atoms with Crippen molar-refractivity contribution >= 4 is 11.8 Å². The van der Waals surface area contributed by atoms with Gasteiger partial charge < -0.3 is 10.1 Å². The highest BCUT2D eigenvalue weighted by Crippen LogP contribution is 2.42.